The Kier molecular flexibility index (Phi) is 3.73. The minimum atomic E-state index is 0.563. The fourth-order valence-corrected chi connectivity index (χ4v) is 1.62. The lowest BCUT2D eigenvalue weighted by Crippen LogP contribution is -1.96. The van der Waals surface area contributed by atoms with Gasteiger partial charge in [-0.1, -0.05) is 12.8 Å². The maximum atomic E-state index is 9.59. The quantitative estimate of drug-likeness (QED) is 0.590. The monoisotopic (exact) mass is 164 g/mol. The van der Waals surface area contributed by atoms with Gasteiger partial charge in [-0.15, -0.1) is 12.3 Å². The second kappa shape index (κ2) is 4.87. The number of hydrogen-bond donors (Lipinski definition) is 1. The second-order valence-electron chi connectivity index (χ2n) is 3.35. The highest BCUT2D eigenvalue weighted by Crippen LogP contribution is 2.23. The molecule has 1 rings (SSSR count). The van der Waals surface area contributed by atoms with E-state index in [1.54, 1.807) is 0 Å². The molecule has 1 aliphatic rings. The van der Waals surface area contributed by atoms with Crippen molar-refractivity contribution < 1.29 is 5.11 Å². The molecule has 66 valence electrons. The molecular formula is C11H16O. The first kappa shape index (κ1) is 9.19. The van der Waals surface area contributed by atoms with Gasteiger partial charge in [-0.3, -0.25) is 0 Å². The van der Waals surface area contributed by atoms with Gasteiger partial charge in [0.25, 0.3) is 0 Å². The molecule has 1 aliphatic carbocycles. The van der Waals surface area contributed by atoms with Crippen LogP contribution in [0.15, 0.2) is 11.3 Å². The fraction of sp³-hybridized carbons (Fsp3) is 0.636. The molecule has 1 nitrogen and oxygen atoms in total. The van der Waals surface area contributed by atoms with E-state index in [9.17, 15) is 5.11 Å². The summed E-state index contributed by atoms with van der Waals surface area (Å²) in [5.74, 6) is 3.16. The van der Waals surface area contributed by atoms with Crippen molar-refractivity contribution >= 4 is 0 Å². The van der Waals surface area contributed by atoms with Crippen LogP contribution in [0.1, 0.15) is 44.9 Å². The molecule has 0 radical (unpaired) electrons. The Morgan fingerprint density at radius 3 is 2.50 bits per heavy atom. The Morgan fingerprint density at radius 1 is 1.17 bits per heavy atom. The Morgan fingerprint density at radius 2 is 1.83 bits per heavy atom. The maximum Gasteiger partial charge on any atom is 0.0924 e. The number of terminal acetylenes is 1. The third kappa shape index (κ3) is 2.62. The van der Waals surface area contributed by atoms with Gasteiger partial charge in [0.15, 0.2) is 0 Å². The molecule has 0 aromatic carbocycles. The van der Waals surface area contributed by atoms with Crippen LogP contribution in [0, 0.1) is 12.3 Å². The van der Waals surface area contributed by atoms with E-state index in [1.165, 1.54) is 19.3 Å². The van der Waals surface area contributed by atoms with Crippen molar-refractivity contribution in [1.29, 1.82) is 0 Å². The van der Waals surface area contributed by atoms with Gasteiger partial charge >= 0.3 is 0 Å². The van der Waals surface area contributed by atoms with Crippen LogP contribution in [0.4, 0.5) is 0 Å². The molecule has 1 N–H and O–H groups in total. The third-order valence-electron chi connectivity index (χ3n) is 2.37. The number of rotatable bonds is 1. The van der Waals surface area contributed by atoms with Crippen LogP contribution < -0.4 is 0 Å². The lowest BCUT2D eigenvalue weighted by atomic mass is 9.97. The molecule has 12 heavy (non-hydrogen) atoms. The minimum absolute atomic E-state index is 0.563. The summed E-state index contributed by atoms with van der Waals surface area (Å²) in [5.41, 5.74) is 1.09. The van der Waals surface area contributed by atoms with Crippen LogP contribution in [-0.2, 0) is 0 Å². The zero-order chi connectivity index (χ0) is 8.81. The summed E-state index contributed by atoms with van der Waals surface area (Å²) in [6.45, 7) is 0. The van der Waals surface area contributed by atoms with Gasteiger partial charge in [-0.2, -0.15) is 0 Å². The molecule has 0 aromatic heterocycles. The summed E-state index contributed by atoms with van der Waals surface area (Å²) in [6, 6.07) is 0. The Balaban J connectivity index is 2.61. The Hall–Kier alpha value is -0.900. The summed E-state index contributed by atoms with van der Waals surface area (Å²) in [5, 5.41) is 9.59. The highest BCUT2D eigenvalue weighted by molar-refractivity contribution is 5.14. The lowest BCUT2D eigenvalue weighted by molar-refractivity contribution is 0.362. The van der Waals surface area contributed by atoms with Crippen molar-refractivity contribution in [3.63, 3.8) is 0 Å². The third-order valence-corrected chi connectivity index (χ3v) is 2.37. The van der Waals surface area contributed by atoms with E-state index in [-0.39, 0.29) is 0 Å². The van der Waals surface area contributed by atoms with Gasteiger partial charge in [-0.25, -0.2) is 0 Å². The first-order valence-corrected chi connectivity index (χ1v) is 4.68. The molecule has 0 bridgehead atoms. The van der Waals surface area contributed by atoms with Gasteiger partial charge < -0.3 is 5.11 Å². The van der Waals surface area contributed by atoms with Crippen LogP contribution >= 0.6 is 0 Å². The van der Waals surface area contributed by atoms with E-state index in [1.807, 2.05) is 0 Å². The topological polar surface area (TPSA) is 20.2 Å². The van der Waals surface area contributed by atoms with Gasteiger partial charge in [0.1, 0.15) is 0 Å². The Labute approximate surface area is 74.5 Å². The average Bonchev–Trinajstić information content (AvgIpc) is 2.05. The summed E-state index contributed by atoms with van der Waals surface area (Å²) >= 11 is 0. The van der Waals surface area contributed by atoms with Crippen LogP contribution in [0.25, 0.3) is 0 Å². The van der Waals surface area contributed by atoms with Crippen molar-refractivity contribution in [2.24, 2.45) is 0 Å². The average molecular weight is 164 g/mol. The normalized spacial score (nSPS) is 19.6. The molecule has 0 atom stereocenters. The van der Waals surface area contributed by atoms with Gasteiger partial charge in [0, 0.05) is 12.8 Å². The standard InChI is InChI=1S/C11H16O/c1-2-7-10-8-5-3-4-6-9-11(10)12/h1,12H,3-9H2. The van der Waals surface area contributed by atoms with Gasteiger partial charge in [-0.05, 0) is 24.8 Å². The molecule has 0 spiro atoms. The van der Waals surface area contributed by atoms with E-state index in [4.69, 9.17) is 6.42 Å². The highest BCUT2D eigenvalue weighted by atomic mass is 16.3. The number of aliphatic hydroxyl groups excluding tert-OH is 1. The zero-order valence-corrected chi connectivity index (χ0v) is 7.47. The molecule has 0 heterocycles. The summed E-state index contributed by atoms with van der Waals surface area (Å²) in [6.07, 6.45) is 12.5. The molecule has 1 heteroatoms. The van der Waals surface area contributed by atoms with Crippen molar-refractivity contribution in [1.82, 2.24) is 0 Å². The van der Waals surface area contributed by atoms with Crippen molar-refractivity contribution in [3.8, 4) is 12.3 Å². The first-order valence-electron chi connectivity index (χ1n) is 4.68. The summed E-state index contributed by atoms with van der Waals surface area (Å²) in [7, 11) is 0. The van der Waals surface area contributed by atoms with Crippen molar-refractivity contribution in [2.45, 2.75) is 44.9 Å². The van der Waals surface area contributed by atoms with E-state index in [0.29, 0.717) is 12.2 Å². The molecule has 0 unspecified atom stereocenters. The first-order chi connectivity index (χ1) is 5.84. The van der Waals surface area contributed by atoms with E-state index < -0.39 is 0 Å². The molecule has 0 saturated heterocycles. The molecule has 0 aliphatic heterocycles. The minimum Gasteiger partial charge on any atom is -0.512 e. The largest absolute Gasteiger partial charge is 0.512 e. The van der Waals surface area contributed by atoms with Crippen molar-refractivity contribution in [3.05, 3.63) is 11.3 Å². The predicted molar refractivity (Wildman–Crippen MR) is 50.8 cm³/mol. The zero-order valence-electron chi connectivity index (χ0n) is 7.47. The summed E-state index contributed by atoms with van der Waals surface area (Å²) in [4.78, 5) is 0. The van der Waals surface area contributed by atoms with E-state index in [2.05, 4.69) is 5.92 Å². The van der Waals surface area contributed by atoms with Crippen molar-refractivity contribution in [2.75, 3.05) is 0 Å². The molecule has 0 amide bonds. The van der Waals surface area contributed by atoms with Crippen LogP contribution in [0.3, 0.4) is 0 Å². The van der Waals surface area contributed by atoms with E-state index >= 15 is 0 Å². The van der Waals surface area contributed by atoms with E-state index in [0.717, 1.165) is 24.8 Å². The second-order valence-corrected chi connectivity index (χ2v) is 3.35. The molecule has 0 saturated carbocycles. The maximum absolute atomic E-state index is 9.59. The number of aliphatic hydroxyl groups is 1. The Bertz CT molecular complexity index is 208. The van der Waals surface area contributed by atoms with Gasteiger partial charge in [0.05, 0.1) is 5.76 Å². The number of hydrogen-bond acceptors (Lipinski definition) is 1. The fourth-order valence-electron chi connectivity index (χ4n) is 1.62. The molecule has 0 aromatic rings. The summed E-state index contributed by atoms with van der Waals surface area (Å²) < 4.78 is 0. The van der Waals surface area contributed by atoms with Crippen LogP contribution in [0.5, 0.6) is 0 Å². The SMILES string of the molecule is C#CCC1=C(O)CCCCCC1. The number of allylic oxidation sites excluding steroid dienone is 2. The molecular weight excluding hydrogens is 148 g/mol. The lowest BCUT2D eigenvalue weighted by Gasteiger charge is -2.12. The predicted octanol–water partition coefficient (Wildman–Crippen LogP) is 3.18. The smallest absolute Gasteiger partial charge is 0.0924 e. The van der Waals surface area contributed by atoms with Crippen LogP contribution in [-0.4, -0.2) is 5.11 Å². The van der Waals surface area contributed by atoms with Gasteiger partial charge in [0.2, 0.25) is 0 Å². The highest BCUT2D eigenvalue weighted by Gasteiger charge is 2.07. The van der Waals surface area contributed by atoms with Crippen LogP contribution in [0.2, 0.25) is 0 Å². The molecule has 0 fully saturated rings.